The van der Waals surface area contributed by atoms with Gasteiger partial charge < -0.3 is 14.9 Å². The Balaban J connectivity index is 1.96. The van der Waals surface area contributed by atoms with Crippen molar-refractivity contribution >= 4 is 0 Å². The van der Waals surface area contributed by atoms with Crippen LogP contribution in [0.25, 0.3) is 0 Å². The SMILES string of the molecule is OCc1ccc(OC2CCCCC2O)cn1. The molecular weight excluding hydrogens is 206 g/mol. The highest BCUT2D eigenvalue weighted by molar-refractivity contribution is 5.20. The third-order valence-electron chi connectivity index (χ3n) is 2.91. The second kappa shape index (κ2) is 5.27. The number of nitrogens with zero attached hydrogens (tertiary/aromatic N) is 1. The molecule has 1 heterocycles. The lowest BCUT2D eigenvalue weighted by atomic mass is 9.95. The van der Waals surface area contributed by atoms with Crippen LogP contribution in [0, 0.1) is 0 Å². The maximum atomic E-state index is 9.75. The summed E-state index contributed by atoms with van der Waals surface area (Å²) in [5.41, 5.74) is 0.622. The Hall–Kier alpha value is -1.13. The van der Waals surface area contributed by atoms with Gasteiger partial charge in [-0.1, -0.05) is 6.42 Å². The van der Waals surface area contributed by atoms with Gasteiger partial charge in [0.25, 0.3) is 0 Å². The molecule has 0 aromatic carbocycles. The molecule has 2 atom stereocenters. The Bertz CT molecular complexity index is 326. The largest absolute Gasteiger partial charge is 0.486 e. The van der Waals surface area contributed by atoms with Gasteiger partial charge in [-0.15, -0.1) is 0 Å². The summed E-state index contributed by atoms with van der Waals surface area (Å²) in [7, 11) is 0. The lowest BCUT2D eigenvalue weighted by Gasteiger charge is -2.28. The van der Waals surface area contributed by atoms with Crippen molar-refractivity contribution in [1.82, 2.24) is 4.98 Å². The summed E-state index contributed by atoms with van der Waals surface area (Å²) in [4.78, 5) is 4.03. The fraction of sp³-hybridized carbons (Fsp3) is 0.583. The van der Waals surface area contributed by atoms with E-state index in [0.717, 1.165) is 25.7 Å². The van der Waals surface area contributed by atoms with E-state index in [9.17, 15) is 5.11 Å². The Morgan fingerprint density at radius 3 is 2.75 bits per heavy atom. The molecule has 0 saturated heterocycles. The van der Waals surface area contributed by atoms with Crippen molar-refractivity contribution in [3.8, 4) is 5.75 Å². The van der Waals surface area contributed by atoms with Gasteiger partial charge in [-0.3, -0.25) is 4.98 Å². The summed E-state index contributed by atoms with van der Waals surface area (Å²) in [6.45, 7) is -0.0632. The van der Waals surface area contributed by atoms with Gasteiger partial charge in [-0.25, -0.2) is 0 Å². The summed E-state index contributed by atoms with van der Waals surface area (Å²) in [5, 5.41) is 18.6. The molecule has 1 aromatic rings. The van der Waals surface area contributed by atoms with E-state index in [4.69, 9.17) is 9.84 Å². The van der Waals surface area contributed by atoms with E-state index < -0.39 is 0 Å². The average Bonchev–Trinajstić information content (AvgIpc) is 2.33. The summed E-state index contributed by atoms with van der Waals surface area (Å²) >= 11 is 0. The predicted octanol–water partition coefficient (Wildman–Crippen LogP) is 1.26. The van der Waals surface area contributed by atoms with Crippen LogP contribution in [-0.4, -0.2) is 27.4 Å². The van der Waals surface area contributed by atoms with E-state index in [1.54, 1.807) is 18.3 Å². The summed E-state index contributed by atoms with van der Waals surface area (Å²) in [5.74, 6) is 0.656. The van der Waals surface area contributed by atoms with Gasteiger partial charge in [-0.2, -0.15) is 0 Å². The zero-order chi connectivity index (χ0) is 11.4. The van der Waals surface area contributed by atoms with E-state index in [1.807, 2.05) is 0 Å². The molecule has 0 radical (unpaired) electrons. The van der Waals surface area contributed by atoms with Crippen molar-refractivity contribution in [2.75, 3.05) is 0 Å². The molecule has 4 nitrogen and oxygen atoms in total. The fourth-order valence-corrected chi connectivity index (χ4v) is 1.96. The Morgan fingerprint density at radius 1 is 1.31 bits per heavy atom. The molecule has 1 aliphatic carbocycles. The number of hydrogen-bond donors (Lipinski definition) is 2. The molecule has 4 heteroatoms. The van der Waals surface area contributed by atoms with E-state index in [0.29, 0.717) is 11.4 Å². The Labute approximate surface area is 94.9 Å². The maximum Gasteiger partial charge on any atom is 0.138 e. The smallest absolute Gasteiger partial charge is 0.138 e. The maximum absolute atomic E-state index is 9.75. The molecule has 88 valence electrons. The zero-order valence-electron chi connectivity index (χ0n) is 9.17. The molecule has 2 rings (SSSR count). The third-order valence-corrected chi connectivity index (χ3v) is 2.91. The van der Waals surface area contributed by atoms with E-state index in [2.05, 4.69) is 4.98 Å². The normalized spacial score (nSPS) is 25.4. The van der Waals surface area contributed by atoms with Crippen molar-refractivity contribution < 1.29 is 14.9 Å². The van der Waals surface area contributed by atoms with Crippen LogP contribution in [0.5, 0.6) is 5.75 Å². The monoisotopic (exact) mass is 223 g/mol. The highest BCUT2D eigenvalue weighted by Gasteiger charge is 2.24. The number of rotatable bonds is 3. The van der Waals surface area contributed by atoms with Crippen molar-refractivity contribution in [2.45, 2.75) is 44.5 Å². The first-order valence-electron chi connectivity index (χ1n) is 5.70. The zero-order valence-corrected chi connectivity index (χ0v) is 9.17. The standard InChI is InChI=1S/C12H17NO3/c14-8-9-5-6-10(7-13-9)16-12-4-2-1-3-11(12)15/h5-7,11-12,14-15H,1-4,8H2. The number of aliphatic hydroxyl groups is 2. The quantitative estimate of drug-likeness (QED) is 0.809. The molecule has 16 heavy (non-hydrogen) atoms. The fourth-order valence-electron chi connectivity index (χ4n) is 1.96. The molecule has 0 bridgehead atoms. The molecule has 0 spiro atoms. The third kappa shape index (κ3) is 2.71. The lowest BCUT2D eigenvalue weighted by molar-refractivity contribution is 0.00666. The Morgan fingerprint density at radius 2 is 2.12 bits per heavy atom. The molecule has 2 N–H and O–H groups in total. The van der Waals surface area contributed by atoms with Crippen LogP contribution in [0.15, 0.2) is 18.3 Å². The lowest BCUT2D eigenvalue weighted by Crippen LogP contribution is -2.34. The number of aliphatic hydroxyl groups excluding tert-OH is 2. The van der Waals surface area contributed by atoms with E-state index >= 15 is 0 Å². The number of pyridine rings is 1. The highest BCUT2D eigenvalue weighted by atomic mass is 16.5. The van der Waals surface area contributed by atoms with Gasteiger partial charge in [0, 0.05) is 0 Å². The van der Waals surface area contributed by atoms with Crippen LogP contribution < -0.4 is 4.74 Å². The molecule has 2 unspecified atom stereocenters. The van der Waals surface area contributed by atoms with Gasteiger partial charge in [0.15, 0.2) is 0 Å². The first-order chi connectivity index (χ1) is 7.79. The van der Waals surface area contributed by atoms with Crippen LogP contribution in [0.3, 0.4) is 0 Å². The number of aromatic nitrogens is 1. The van der Waals surface area contributed by atoms with Crippen molar-refractivity contribution in [2.24, 2.45) is 0 Å². The minimum Gasteiger partial charge on any atom is -0.486 e. The number of ether oxygens (including phenoxy) is 1. The molecular formula is C12H17NO3. The second-order valence-corrected chi connectivity index (χ2v) is 4.15. The van der Waals surface area contributed by atoms with Gasteiger partial charge in [0.05, 0.1) is 24.6 Å². The minimum atomic E-state index is -0.369. The second-order valence-electron chi connectivity index (χ2n) is 4.15. The van der Waals surface area contributed by atoms with Crippen LogP contribution in [-0.2, 0) is 6.61 Å². The van der Waals surface area contributed by atoms with E-state index in [1.165, 1.54) is 0 Å². The highest BCUT2D eigenvalue weighted by Crippen LogP contribution is 2.23. The van der Waals surface area contributed by atoms with Crippen LogP contribution in [0.4, 0.5) is 0 Å². The molecule has 1 fully saturated rings. The summed E-state index contributed by atoms with van der Waals surface area (Å²) in [6, 6.07) is 3.50. The van der Waals surface area contributed by atoms with Gasteiger partial charge in [0.2, 0.25) is 0 Å². The molecule has 0 amide bonds. The van der Waals surface area contributed by atoms with E-state index in [-0.39, 0.29) is 18.8 Å². The summed E-state index contributed by atoms with van der Waals surface area (Å²) < 4.78 is 5.67. The van der Waals surface area contributed by atoms with Gasteiger partial charge in [0.1, 0.15) is 11.9 Å². The topological polar surface area (TPSA) is 62.6 Å². The molecule has 0 aliphatic heterocycles. The van der Waals surface area contributed by atoms with Gasteiger partial charge >= 0.3 is 0 Å². The van der Waals surface area contributed by atoms with Crippen molar-refractivity contribution in [3.05, 3.63) is 24.0 Å². The molecule has 1 aliphatic rings. The molecule has 1 aromatic heterocycles. The van der Waals surface area contributed by atoms with Crippen LogP contribution >= 0.6 is 0 Å². The van der Waals surface area contributed by atoms with Crippen molar-refractivity contribution in [1.29, 1.82) is 0 Å². The summed E-state index contributed by atoms with van der Waals surface area (Å²) in [6.07, 6.45) is 4.98. The Kier molecular flexibility index (Phi) is 3.74. The number of hydrogen-bond acceptors (Lipinski definition) is 4. The minimum absolute atomic E-state index is 0.0632. The average molecular weight is 223 g/mol. The van der Waals surface area contributed by atoms with Crippen molar-refractivity contribution in [3.63, 3.8) is 0 Å². The molecule has 1 saturated carbocycles. The first-order valence-corrected chi connectivity index (χ1v) is 5.70. The first kappa shape index (κ1) is 11.4. The predicted molar refractivity (Wildman–Crippen MR) is 59.1 cm³/mol. The van der Waals surface area contributed by atoms with Gasteiger partial charge in [-0.05, 0) is 31.4 Å². The van der Waals surface area contributed by atoms with Crippen LogP contribution in [0.1, 0.15) is 31.4 Å². The van der Waals surface area contributed by atoms with Crippen LogP contribution in [0.2, 0.25) is 0 Å².